The molecule has 1 aliphatic rings. The van der Waals surface area contributed by atoms with Gasteiger partial charge in [0.1, 0.15) is 10.1 Å². The summed E-state index contributed by atoms with van der Waals surface area (Å²) in [6.07, 6.45) is 6.91. The Morgan fingerprint density at radius 2 is 1.20 bits per heavy atom. The summed E-state index contributed by atoms with van der Waals surface area (Å²) in [4.78, 5) is 3.52. The van der Waals surface area contributed by atoms with Gasteiger partial charge in [-0.1, -0.05) is 24.3 Å². The van der Waals surface area contributed by atoms with Crippen molar-refractivity contribution in [2.45, 2.75) is 21.6 Å². The summed E-state index contributed by atoms with van der Waals surface area (Å²) in [6, 6.07) is 20.6. The molecule has 12 nitrogen and oxygen atoms in total. The quantitative estimate of drug-likeness (QED) is 0.102. The molecule has 0 fully saturated rings. The van der Waals surface area contributed by atoms with Crippen molar-refractivity contribution in [2.75, 3.05) is 11.1 Å². The minimum Gasteiger partial charge on any atom is -0.744 e. The van der Waals surface area contributed by atoms with Crippen LogP contribution in [0.2, 0.25) is 0 Å². The fourth-order valence-corrected chi connectivity index (χ4v) is 6.49. The summed E-state index contributed by atoms with van der Waals surface area (Å²) in [5.74, 6) is 0. The zero-order chi connectivity index (χ0) is 34.1. The van der Waals surface area contributed by atoms with Crippen molar-refractivity contribution in [2.24, 2.45) is 4.99 Å². The molecule has 0 amide bonds. The van der Waals surface area contributed by atoms with Crippen molar-refractivity contribution in [3.63, 3.8) is 0 Å². The van der Waals surface area contributed by atoms with E-state index >= 15 is 0 Å². The summed E-state index contributed by atoms with van der Waals surface area (Å²) in [6.45, 7) is 1.49. The predicted molar refractivity (Wildman–Crippen MR) is 177 cm³/mol. The van der Waals surface area contributed by atoms with Crippen molar-refractivity contribution < 1.29 is 98.0 Å². The van der Waals surface area contributed by atoms with Gasteiger partial charge in [0.15, 0.2) is 0 Å². The third kappa shape index (κ3) is 10.1. The molecule has 0 heterocycles. The van der Waals surface area contributed by atoms with Crippen LogP contribution in [0.1, 0.15) is 16.7 Å². The van der Waals surface area contributed by atoms with Crippen LogP contribution in [-0.4, -0.2) is 44.6 Å². The van der Waals surface area contributed by atoms with Crippen LogP contribution in [0.5, 0.6) is 0 Å². The van der Waals surface area contributed by atoms with Crippen molar-refractivity contribution in [3.05, 3.63) is 131 Å². The number of nitrogens with zero attached hydrogens (tertiary/aromatic N) is 1. The number of aliphatic imine (C=N–C) groups is 1. The van der Waals surface area contributed by atoms with E-state index in [2.05, 4.69) is 10.3 Å². The van der Waals surface area contributed by atoms with Gasteiger partial charge in [0.25, 0.3) is 20.2 Å². The maximum absolute atomic E-state index is 12.2. The van der Waals surface area contributed by atoms with E-state index in [1.54, 1.807) is 54.6 Å². The van der Waals surface area contributed by atoms with Gasteiger partial charge in [-0.15, -0.1) is 0 Å². The number of benzene rings is 4. The van der Waals surface area contributed by atoms with Crippen molar-refractivity contribution in [1.29, 1.82) is 0 Å². The standard InChI is InChI=1S/C32H27N3O9S3.2Na/c1-20-30(33)18-23(19-31(20)47(42,43)44)32(21-2-6-24(7-3-21)34-26-10-14-28(15-11-26)45(36,37)38)22-4-8-25(9-5-22)35-27-12-16-29(17-13-27)46(39,40)41;;/h2-19,34H,33H2,1H3,(H,36,37,38)(H,39,40,41)(H,42,43,44);;/q;2*+1/p-1. The first-order chi connectivity index (χ1) is 22.0. The Balaban J connectivity index is 0.00000325. The number of rotatable bonds is 8. The maximum Gasteiger partial charge on any atom is 1.00 e. The minimum absolute atomic E-state index is 0. The molecule has 1 aliphatic carbocycles. The Hall–Kier alpha value is -2.90. The van der Waals surface area contributed by atoms with Gasteiger partial charge in [0, 0.05) is 17.1 Å². The Kier molecular flexibility index (Phi) is 13.2. The van der Waals surface area contributed by atoms with Crippen LogP contribution < -0.4 is 70.2 Å². The molecule has 242 valence electrons. The van der Waals surface area contributed by atoms with Crippen LogP contribution in [0.4, 0.5) is 22.7 Å². The largest absolute Gasteiger partial charge is 1.00 e. The second kappa shape index (κ2) is 16.0. The molecule has 4 aromatic rings. The smallest absolute Gasteiger partial charge is 0.744 e. The van der Waals surface area contributed by atoms with Crippen molar-refractivity contribution in [1.82, 2.24) is 0 Å². The van der Waals surface area contributed by atoms with Crippen LogP contribution >= 0.6 is 0 Å². The molecule has 5 N–H and O–H groups in total. The van der Waals surface area contributed by atoms with Gasteiger partial charge in [0.05, 0.1) is 26.1 Å². The van der Waals surface area contributed by atoms with Crippen LogP contribution in [0.25, 0.3) is 5.57 Å². The van der Waals surface area contributed by atoms with Gasteiger partial charge >= 0.3 is 59.1 Å². The molecule has 0 aromatic heterocycles. The third-order valence-corrected chi connectivity index (χ3v) is 9.82. The molecule has 5 rings (SSSR count). The van der Waals surface area contributed by atoms with Crippen LogP contribution in [-0.2, 0) is 30.4 Å². The first-order valence-electron chi connectivity index (χ1n) is 13.6. The normalized spacial score (nSPS) is 12.9. The molecule has 0 spiro atoms. The average Bonchev–Trinajstić information content (AvgIpc) is 3.00. The van der Waals surface area contributed by atoms with Crippen molar-refractivity contribution in [3.8, 4) is 0 Å². The SMILES string of the molecule is Cc1c(N)cc(C(=C2C=CC(=Nc3ccc(S(=O)(=O)O)cc3)C=C2)c2ccc(Nc3ccc(S(=O)(=O)[O-])cc3)cc2)cc1S(=O)(=O)O.[Na+].[Na+]. The summed E-state index contributed by atoms with van der Waals surface area (Å²) in [7, 11) is -13.5. The van der Waals surface area contributed by atoms with Gasteiger partial charge in [0.2, 0.25) is 0 Å². The Morgan fingerprint density at radius 1 is 0.694 bits per heavy atom. The molecule has 17 heteroatoms. The molecule has 0 bridgehead atoms. The first-order valence-corrected chi connectivity index (χ1v) is 17.9. The fraction of sp³-hybridized carbons (Fsp3) is 0.0312. The van der Waals surface area contributed by atoms with Crippen LogP contribution in [0.3, 0.4) is 0 Å². The van der Waals surface area contributed by atoms with E-state index in [1.165, 1.54) is 61.5 Å². The maximum atomic E-state index is 12.2. The molecule has 0 saturated heterocycles. The summed E-state index contributed by atoms with van der Waals surface area (Å²) in [5, 5.41) is 3.12. The number of anilines is 3. The van der Waals surface area contributed by atoms with E-state index in [0.29, 0.717) is 45.0 Å². The average molecular weight is 739 g/mol. The van der Waals surface area contributed by atoms with Gasteiger partial charge in [-0.05, 0) is 120 Å². The van der Waals surface area contributed by atoms with E-state index in [0.717, 1.165) is 0 Å². The molecule has 0 saturated carbocycles. The first kappa shape index (κ1) is 40.5. The van der Waals surface area contributed by atoms with E-state index in [-0.39, 0.29) is 85.1 Å². The van der Waals surface area contributed by atoms with Gasteiger partial charge in [-0.3, -0.25) is 9.11 Å². The zero-order valence-electron chi connectivity index (χ0n) is 26.4. The molecule has 4 aromatic carbocycles. The van der Waals surface area contributed by atoms with Gasteiger partial charge in [-0.2, -0.15) is 16.8 Å². The molecule has 0 radical (unpaired) electrons. The molecule has 49 heavy (non-hydrogen) atoms. The predicted octanol–water partition coefficient (Wildman–Crippen LogP) is -0.573. The summed E-state index contributed by atoms with van der Waals surface area (Å²) in [5.41, 5.74) is 10.9. The van der Waals surface area contributed by atoms with Crippen molar-refractivity contribution >= 4 is 64.4 Å². The second-order valence-electron chi connectivity index (χ2n) is 10.3. The van der Waals surface area contributed by atoms with Crippen LogP contribution in [0.15, 0.2) is 134 Å². The molecule has 0 aliphatic heterocycles. The van der Waals surface area contributed by atoms with Gasteiger partial charge in [-0.25, -0.2) is 13.4 Å². The summed E-state index contributed by atoms with van der Waals surface area (Å²) >= 11 is 0. The number of nitrogens with one attached hydrogen (secondary N) is 1. The third-order valence-electron chi connectivity index (χ3n) is 7.12. The minimum atomic E-state index is -4.61. The van der Waals surface area contributed by atoms with E-state index in [4.69, 9.17) is 5.73 Å². The molecular weight excluding hydrogens is 713 g/mol. The van der Waals surface area contributed by atoms with Crippen LogP contribution in [0, 0.1) is 6.92 Å². The Labute approximate surface area is 328 Å². The number of nitrogens with two attached hydrogens (primary N) is 1. The fourth-order valence-electron chi connectivity index (χ4n) is 4.76. The Morgan fingerprint density at radius 3 is 1.69 bits per heavy atom. The topological polar surface area (TPSA) is 216 Å². The zero-order valence-corrected chi connectivity index (χ0v) is 32.8. The molecule has 0 atom stereocenters. The summed E-state index contributed by atoms with van der Waals surface area (Å²) < 4.78 is 99.9. The number of allylic oxidation sites excluding steroid dienone is 5. The molecule has 0 unspecified atom stereocenters. The monoisotopic (exact) mass is 738 g/mol. The number of hydrogen-bond acceptors (Lipinski definition) is 10. The molecular formula is C32H26N3Na2O9S3+. The van der Waals surface area contributed by atoms with E-state index in [1.807, 2.05) is 0 Å². The second-order valence-corrected chi connectivity index (χ2v) is 14.5. The van der Waals surface area contributed by atoms with Gasteiger partial charge < -0.3 is 15.6 Å². The van der Waals surface area contributed by atoms with E-state index < -0.39 is 30.4 Å². The Bertz CT molecular complexity index is 2320. The van der Waals surface area contributed by atoms with E-state index in [9.17, 15) is 38.9 Å². The number of hydrogen-bond donors (Lipinski definition) is 4. The number of nitrogen functional groups attached to an aromatic ring is 1.